The van der Waals surface area contributed by atoms with Gasteiger partial charge in [0, 0.05) is 41.8 Å². The Hall–Kier alpha value is -3.20. The number of rotatable bonds is 9. The molecule has 2 aliphatic heterocycles. The van der Waals surface area contributed by atoms with Crippen molar-refractivity contribution in [2.45, 2.75) is 19.0 Å². The predicted molar refractivity (Wildman–Crippen MR) is 139 cm³/mol. The quantitative estimate of drug-likeness (QED) is 0.287. The molecule has 1 fully saturated rings. The summed E-state index contributed by atoms with van der Waals surface area (Å²) in [5, 5.41) is 18.4. The number of aliphatic imine (C=N–C) groups is 1. The average Bonchev–Trinajstić information content (AvgIpc) is 3.41. The molecule has 0 spiro atoms. The number of amidine groups is 1. The lowest BCUT2D eigenvalue weighted by atomic mass is 9.95. The Morgan fingerprint density at radius 2 is 2.21 bits per heavy atom. The van der Waals surface area contributed by atoms with E-state index in [1.165, 1.54) is 36.5 Å². The third kappa shape index (κ3) is 6.62. The van der Waals surface area contributed by atoms with E-state index in [4.69, 9.17) is 9.47 Å². The summed E-state index contributed by atoms with van der Waals surface area (Å²) >= 11 is 4.67. The molecule has 1 amide bonds. The second kappa shape index (κ2) is 12.6. The maximum atomic E-state index is 13.8. The molecule has 0 bridgehead atoms. The van der Waals surface area contributed by atoms with Crippen LogP contribution in [0.2, 0.25) is 0 Å². The minimum Gasteiger partial charge on any atom is -0.478 e. The van der Waals surface area contributed by atoms with Crippen LogP contribution in [0.15, 0.2) is 50.5 Å². The van der Waals surface area contributed by atoms with Gasteiger partial charge in [0.15, 0.2) is 10.8 Å². The zero-order chi connectivity index (χ0) is 27.2. The smallest absolute Gasteiger partial charge is 0.335 e. The lowest BCUT2D eigenvalue weighted by molar-refractivity contribution is -0.142. The van der Waals surface area contributed by atoms with Crippen LogP contribution in [-0.2, 0) is 23.9 Å². The number of esters is 1. The molecule has 3 heterocycles. The SMILES string of the molecule is CC(=O)OCCNC(=O)[C@@H]1COCCN1CC1=C(C(=O)O)C(c2ccc(F)cc2Br)N=C(c2nccs2)N1. The lowest BCUT2D eigenvalue weighted by Gasteiger charge is -2.36. The lowest BCUT2D eigenvalue weighted by Crippen LogP contribution is -2.55. The predicted octanol–water partition coefficient (Wildman–Crippen LogP) is 1.85. The highest BCUT2D eigenvalue weighted by atomic mass is 79.9. The molecule has 3 N–H and O–H groups in total. The topological polar surface area (TPSA) is 142 Å². The fourth-order valence-electron chi connectivity index (χ4n) is 4.13. The Labute approximate surface area is 229 Å². The van der Waals surface area contributed by atoms with E-state index in [1.54, 1.807) is 11.6 Å². The van der Waals surface area contributed by atoms with Crippen molar-refractivity contribution in [3.05, 3.63) is 61.9 Å². The molecule has 1 unspecified atom stereocenters. The van der Waals surface area contributed by atoms with Crippen LogP contribution < -0.4 is 10.6 Å². The van der Waals surface area contributed by atoms with Gasteiger partial charge in [-0.3, -0.25) is 19.5 Å². The van der Waals surface area contributed by atoms with Gasteiger partial charge in [-0.15, -0.1) is 11.3 Å². The number of aromatic nitrogens is 1. The summed E-state index contributed by atoms with van der Waals surface area (Å²) in [6.07, 6.45) is 1.61. The van der Waals surface area contributed by atoms with E-state index in [0.29, 0.717) is 39.7 Å². The van der Waals surface area contributed by atoms with E-state index in [9.17, 15) is 23.9 Å². The molecular formula is C24H25BrFN5O6S. The summed E-state index contributed by atoms with van der Waals surface area (Å²) < 4.78 is 24.6. The van der Waals surface area contributed by atoms with Gasteiger partial charge >= 0.3 is 11.9 Å². The highest BCUT2D eigenvalue weighted by molar-refractivity contribution is 9.10. The number of nitrogens with one attached hydrogen (secondary N) is 2. The van der Waals surface area contributed by atoms with Crippen LogP contribution in [0.1, 0.15) is 23.5 Å². The van der Waals surface area contributed by atoms with E-state index in [2.05, 4.69) is 36.5 Å². The third-order valence-corrected chi connectivity index (χ3v) is 7.32. The van der Waals surface area contributed by atoms with Crippen molar-refractivity contribution >= 4 is 50.9 Å². The first kappa shape index (κ1) is 27.8. The van der Waals surface area contributed by atoms with Gasteiger partial charge in [-0.05, 0) is 17.7 Å². The van der Waals surface area contributed by atoms with Crippen molar-refractivity contribution < 1.29 is 33.4 Å². The van der Waals surface area contributed by atoms with Crippen LogP contribution in [-0.4, -0.2) is 84.2 Å². The molecule has 202 valence electrons. The Bertz CT molecular complexity index is 1270. The Balaban J connectivity index is 1.65. The maximum absolute atomic E-state index is 13.8. The first-order valence-electron chi connectivity index (χ1n) is 11.6. The number of hydrogen-bond acceptors (Lipinski definition) is 10. The number of nitrogens with zero attached hydrogens (tertiary/aromatic N) is 3. The van der Waals surface area contributed by atoms with Crippen molar-refractivity contribution in [2.24, 2.45) is 4.99 Å². The molecule has 2 aliphatic rings. The molecule has 0 aliphatic carbocycles. The van der Waals surface area contributed by atoms with Crippen LogP contribution in [0.3, 0.4) is 0 Å². The molecule has 1 saturated heterocycles. The van der Waals surface area contributed by atoms with E-state index in [0.717, 1.165) is 0 Å². The Morgan fingerprint density at radius 1 is 1.39 bits per heavy atom. The fraction of sp³-hybridized carbons (Fsp3) is 0.375. The number of hydrogen-bond donors (Lipinski definition) is 3. The summed E-state index contributed by atoms with van der Waals surface area (Å²) in [6.45, 7) is 2.35. The first-order chi connectivity index (χ1) is 18.2. The highest BCUT2D eigenvalue weighted by Crippen LogP contribution is 2.36. The number of amides is 1. The number of carbonyl (C=O) groups is 3. The van der Waals surface area contributed by atoms with Crippen LogP contribution in [0, 0.1) is 5.82 Å². The van der Waals surface area contributed by atoms with E-state index in [-0.39, 0.29) is 37.8 Å². The number of thiazole rings is 1. The van der Waals surface area contributed by atoms with E-state index < -0.39 is 29.8 Å². The van der Waals surface area contributed by atoms with Gasteiger partial charge in [0.05, 0.1) is 25.3 Å². The molecule has 0 saturated carbocycles. The van der Waals surface area contributed by atoms with Crippen LogP contribution in [0.4, 0.5) is 4.39 Å². The number of aliphatic carboxylic acids is 1. The fourth-order valence-corrected chi connectivity index (χ4v) is 5.28. The summed E-state index contributed by atoms with van der Waals surface area (Å²) in [5.74, 6) is -2.09. The van der Waals surface area contributed by atoms with Crippen molar-refractivity contribution in [1.29, 1.82) is 0 Å². The summed E-state index contributed by atoms with van der Waals surface area (Å²) in [4.78, 5) is 47.2. The standard InChI is InChI=1S/C24H25BrFN5O6S/c1-13(32)37-7-4-27-22(33)18-12-36-8-6-31(18)11-17-19(24(34)35)20(15-3-2-14(26)10-16(15)25)30-21(29-17)23-28-5-9-38-23/h2-3,5,9-10,18,20H,4,6-8,11-12H2,1H3,(H,27,33)(H,29,30)(H,34,35)/t18-,20?/m0/s1. The molecule has 11 nitrogen and oxygen atoms in total. The van der Waals surface area contributed by atoms with Crippen molar-refractivity contribution in [3.8, 4) is 0 Å². The minimum atomic E-state index is -1.20. The van der Waals surface area contributed by atoms with E-state index in [1.807, 2.05) is 4.90 Å². The number of halogens is 2. The Kier molecular flexibility index (Phi) is 9.20. The first-order valence-corrected chi connectivity index (χ1v) is 13.3. The molecule has 1 aromatic heterocycles. The molecule has 2 aromatic rings. The normalized spacial score (nSPS) is 19.9. The van der Waals surface area contributed by atoms with Crippen LogP contribution >= 0.6 is 27.3 Å². The molecular weight excluding hydrogens is 585 g/mol. The van der Waals surface area contributed by atoms with E-state index >= 15 is 0 Å². The molecule has 14 heteroatoms. The van der Waals surface area contributed by atoms with Gasteiger partial charge in [-0.2, -0.15) is 0 Å². The van der Waals surface area contributed by atoms with Crippen molar-refractivity contribution in [2.75, 3.05) is 39.5 Å². The van der Waals surface area contributed by atoms with Gasteiger partial charge in [0.2, 0.25) is 5.91 Å². The summed E-state index contributed by atoms with van der Waals surface area (Å²) in [5.41, 5.74) is 0.773. The van der Waals surface area contributed by atoms with Crippen LogP contribution in [0.5, 0.6) is 0 Å². The molecule has 0 radical (unpaired) electrons. The maximum Gasteiger partial charge on any atom is 0.335 e. The van der Waals surface area contributed by atoms with Crippen LogP contribution in [0.25, 0.3) is 0 Å². The number of carbonyl (C=O) groups excluding carboxylic acids is 2. The van der Waals surface area contributed by atoms with Crippen molar-refractivity contribution in [3.63, 3.8) is 0 Å². The van der Waals surface area contributed by atoms with Gasteiger partial charge in [0.25, 0.3) is 0 Å². The van der Waals surface area contributed by atoms with Gasteiger partial charge in [-0.1, -0.05) is 22.0 Å². The number of ether oxygens (including phenoxy) is 2. The molecule has 2 atom stereocenters. The third-order valence-electron chi connectivity index (χ3n) is 5.86. The number of benzene rings is 1. The van der Waals surface area contributed by atoms with Gasteiger partial charge in [-0.25, -0.2) is 14.2 Å². The van der Waals surface area contributed by atoms with Gasteiger partial charge < -0.3 is 25.2 Å². The molecule has 38 heavy (non-hydrogen) atoms. The zero-order valence-electron chi connectivity index (χ0n) is 20.3. The largest absolute Gasteiger partial charge is 0.478 e. The molecule has 1 aromatic carbocycles. The highest BCUT2D eigenvalue weighted by Gasteiger charge is 2.36. The summed E-state index contributed by atoms with van der Waals surface area (Å²) in [7, 11) is 0. The second-order valence-corrected chi connectivity index (χ2v) is 10.1. The summed E-state index contributed by atoms with van der Waals surface area (Å²) in [6, 6.07) is 2.33. The average molecular weight is 610 g/mol. The van der Waals surface area contributed by atoms with Gasteiger partial charge in [0.1, 0.15) is 24.5 Å². The number of carboxylic acid groups (broad SMARTS) is 1. The van der Waals surface area contributed by atoms with Crippen molar-refractivity contribution in [1.82, 2.24) is 20.5 Å². The Morgan fingerprint density at radius 3 is 2.89 bits per heavy atom. The monoisotopic (exact) mass is 609 g/mol. The minimum absolute atomic E-state index is 0.0295. The number of carboxylic acids is 1. The molecule has 4 rings (SSSR count). The second-order valence-electron chi connectivity index (χ2n) is 8.40. The zero-order valence-corrected chi connectivity index (χ0v) is 22.7. The number of morpholine rings is 1.